The van der Waals surface area contributed by atoms with Gasteiger partial charge in [0.25, 0.3) is 0 Å². The van der Waals surface area contributed by atoms with Crippen LogP contribution in [0.25, 0.3) is 0 Å². The largest absolute Gasteiger partial charge is 0.157 e. The summed E-state index contributed by atoms with van der Waals surface area (Å²) in [5, 5.41) is 0. The summed E-state index contributed by atoms with van der Waals surface area (Å²) in [5.74, 6) is 5.34. The molecule has 0 amide bonds. The van der Waals surface area contributed by atoms with E-state index in [0.29, 0.717) is 10.2 Å². The quantitative estimate of drug-likeness (QED) is 0.589. The predicted molar refractivity (Wildman–Crippen MR) is 93.6 cm³/mol. The smallest absolute Gasteiger partial charge is 0.0272 e. The highest BCUT2D eigenvalue weighted by atomic mass is 32.2. The molecule has 0 aromatic heterocycles. The first-order chi connectivity index (χ1) is 10.1. The van der Waals surface area contributed by atoms with Crippen molar-refractivity contribution < 1.29 is 0 Å². The summed E-state index contributed by atoms with van der Waals surface area (Å²) < 4.78 is 0.657. The average molecular weight is 307 g/mol. The third-order valence-electron chi connectivity index (χ3n) is 8.36. The molecule has 0 nitrogen and oxygen atoms in total. The van der Waals surface area contributed by atoms with Crippen molar-refractivity contribution in [3.8, 4) is 0 Å². The summed E-state index contributed by atoms with van der Waals surface area (Å²) in [7, 11) is 0. The van der Waals surface area contributed by atoms with E-state index in [1.165, 1.54) is 44.9 Å². The van der Waals surface area contributed by atoms with E-state index in [2.05, 4.69) is 31.9 Å². The van der Waals surface area contributed by atoms with Gasteiger partial charge in [0.05, 0.1) is 0 Å². The Morgan fingerprint density at radius 2 is 1.57 bits per heavy atom. The summed E-state index contributed by atoms with van der Waals surface area (Å²) >= 11 is 2.33. The number of rotatable bonds is 2. The Bertz CT molecular complexity index is 395. The van der Waals surface area contributed by atoms with Crippen molar-refractivity contribution in [2.45, 2.75) is 82.8 Å². The van der Waals surface area contributed by atoms with Crippen LogP contribution in [0.1, 0.15) is 78.1 Å². The molecule has 4 rings (SSSR count). The van der Waals surface area contributed by atoms with E-state index >= 15 is 0 Å². The lowest BCUT2D eigenvalue weighted by molar-refractivity contribution is 0.120. The molecule has 2 bridgehead atoms. The summed E-state index contributed by atoms with van der Waals surface area (Å²) in [6.07, 6.45) is 17.8. The molecule has 21 heavy (non-hydrogen) atoms. The van der Waals surface area contributed by atoms with Gasteiger partial charge >= 0.3 is 0 Å². The first kappa shape index (κ1) is 14.9. The zero-order valence-corrected chi connectivity index (χ0v) is 15.2. The van der Waals surface area contributed by atoms with Crippen LogP contribution in [0.4, 0.5) is 0 Å². The van der Waals surface area contributed by atoms with Crippen molar-refractivity contribution >= 4 is 11.8 Å². The molecule has 1 heteroatoms. The Kier molecular flexibility index (Phi) is 3.68. The molecule has 4 aliphatic carbocycles. The van der Waals surface area contributed by atoms with Crippen LogP contribution in [0.3, 0.4) is 0 Å². The normalized spacial score (nSPS) is 51.9. The summed E-state index contributed by atoms with van der Waals surface area (Å²) in [4.78, 5) is 0. The van der Waals surface area contributed by atoms with E-state index in [9.17, 15) is 0 Å². The number of thioether (sulfide) groups is 1. The fourth-order valence-electron chi connectivity index (χ4n) is 7.73. The van der Waals surface area contributed by atoms with Crippen LogP contribution in [0.2, 0.25) is 0 Å². The maximum absolute atomic E-state index is 2.72. The van der Waals surface area contributed by atoms with Crippen molar-refractivity contribution in [2.75, 3.05) is 6.26 Å². The van der Waals surface area contributed by atoms with Gasteiger partial charge in [0.2, 0.25) is 0 Å². The van der Waals surface area contributed by atoms with Crippen molar-refractivity contribution in [3.63, 3.8) is 0 Å². The van der Waals surface area contributed by atoms with Gasteiger partial charge in [0.15, 0.2) is 0 Å². The summed E-state index contributed by atoms with van der Waals surface area (Å²) in [6.45, 7) is 5.28. The van der Waals surface area contributed by atoms with Gasteiger partial charge in [0, 0.05) is 4.75 Å². The Morgan fingerprint density at radius 1 is 0.905 bits per heavy atom. The van der Waals surface area contributed by atoms with Crippen molar-refractivity contribution in [1.82, 2.24) is 0 Å². The van der Waals surface area contributed by atoms with Crippen molar-refractivity contribution in [2.24, 2.45) is 35.0 Å². The number of hydrogen-bond donors (Lipinski definition) is 0. The zero-order valence-electron chi connectivity index (χ0n) is 14.4. The molecule has 4 fully saturated rings. The van der Waals surface area contributed by atoms with Crippen molar-refractivity contribution in [1.29, 1.82) is 0 Å². The lowest BCUT2D eigenvalue weighted by Gasteiger charge is -2.51. The highest BCUT2D eigenvalue weighted by molar-refractivity contribution is 8.00. The molecule has 0 aromatic rings. The molecule has 0 N–H and O–H groups in total. The van der Waals surface area contributed by atoms with Crippen LogP contribution in [0.15, 0.2) is 0 Å². The topological polar surface area (TPSA) is 0 Å². The molecule has 0 aliphatic heterocycles. The van der Waals surface area contributed by atoms with Crippen LogP contribution >= 0.6 is 11.8 Å². The predicted octanol–water partition coefficient (Wildman–Crippen LogP) is 6.15. The second-order valence-corrected chi connectivity index (χ2v) is 10.2. The van der Waals surface area contributed by atoms with Gasteiger partial charge in [-0.2, -0.15) is 11.8 Å². The Labute approximate surface area is 136 Å². The van der Waals surface area contributed by atoms with Gasteiger partial charge in [-0.1, -0.05) is 46.0 Å². The molecular formula is C20H34S. The SMILES string of the molecule is CSC1(C2(C)CCCCCCC2)C2CC3CC(C)C(C2)C31. The molecule has 0 saturated heterocycles. The van der Waals surface area contributed by atoms with Crippen LogP contribution < -0.4 is 0 Å². The number of hydrogen-bond acceptors (Lipinski definition) is 1. The minimum atomic E-state index is 0.635. The third kappa shape index (κ3) is 1.88. The maximum Gasteiger partial charge on any atom is 0.0272 e. The highest BCUT2D eigenvalue weighted by Crippen LogP contribution is 2.75. The van der Waals surface area contributed by atoms with Gasteiger partial charge < -0.3 is 0 Å². The summed E-state index contributed by atoms with van der Waals surface area (Å²) in [5.41, 5.74) is 0.635. The zero-order chi connectivity index (χ0) is 14.7. The molecule has 0 radical (unpaired) electrons. The van der Waals surface area contributed by atoms with E-state index in [0.717, 1.165) is 29.6 Å². The molecule has 4 aliphatic rings. The van der Waals surface area contributed by atoms with Gasteiger partial charge in [-0.3, -0.25) is 0 Å². The Morgan fingerprint density at radius 3 is 2.19 bits per heavy atom. The monoisotopic (exact) mass is 306 g/mol. The Hall–Kier alpha value is 0.350. The number of fused-ring (bicyclic) bond motifs is 1. The molecule has 0 spiro atoms. The highest BCUT2D eigenvalue weighted by Gasteiger charge is 2.71. The molecule has 0 aromatic carbocycles. The lowest BCUT2D eigenvalue weighted by Crippen LogP contribution is -2.48. The maximum atomic E-state index is 2.72. The molecule has 4 saturated carbocycles. The summed E-state index contributed by atoms with van der Waals surface area (Å²) in [6, 6.07) is 0. The first-order valence-corrected chi connectivity index (χ1v) is 10.9. The third-order valence-corrected chi connectivity index (χ3v) is 10.1. The molecule has 120 valence electrons. The van der Waals surface area contributed by atoms with Crippen molar-refractivity contribution in [3.05, 3.63) is 0 Å². The minimum Gasteiger partial charge on any atom is -0.157 e. The second kappa shape index (κ2) is 5.18. The standard InChI is InChI=1S/C20H34S/c1-14-11-15-12-16-13-17(14)18(15)20(16,21-3)19(2)9-7-5-4-6-8-10-19/h14-18H,4-13H2,1-3H3. The molecule has 0 heterocycles. The van der Waals surface area contributed by atoms with Gasteiger partial charge in [-0.05, 0) is 73.4 Å². The van der Waals surface area contributed by atoms with E-state index in [1.807, 2.05) is 0 Å². The molecular weight excluding hydrogens is 272 g/mol. The van der Waals surface area contributed by atoms with Gasteiger partial charge in [0.1, 0.15) is 0 Å². The van der Waals surface area contributed by atoms with Crippen LogP contribution in [0, 0.1) is 35.0 Å². The minimum absolute atomic E-state index is 0.635. The van der Waals surface area contributed by atoms with E-state index in [1.54, 1.807) is 19.3 Å². The molecule has 6 unspecified atom stereocenters. The van der Waals surface area contributed by atoms with E-state index < -0.39 is 0 Å². The van der Waals surface area contributed by atoms with Gasteiger partial charge in [-0.25, -0.2) is 0 Å². The first-order valence-electron chi connectivity index (χ1n) is 9.67. The molecule has 6 atom stereocenters. The Balaban J connectivity index is 1.70. The van der Waals surface area contributed by atoms with Crippen LogP contribution in [0.5, 0.6) is 0 Å². The average Bonchev–Trinajstić information content (AvgIpc) is 2.99. The van der Waals surface area contributed by atoms with Gasteiger partial charge in [-0.15, -0.1) is 0 Å². The fourth-order valence-corrected chi connectivity index (χ4v) is 9.59. The van der Waals surface area contributed by atoms with Crippen LogP contribution in [-0.4, -0.2) is 11.0 Å². The second-order valence-electron chi connectivity index (χ2n) is 9.16. The van der Waals surface area contributed by atoms with E-state index in [4.69, 9.17) is 0 Å². The van der Waals surface area contributed by atoms with E-state index in [-0.39, 0.29) is 0 Å². The lowest BCUT2D eigenvalue weighted by atomic mass is 9.63. The van der Waals surface area contributed by atoms with Crippen LogP contribution in [-0.2, 0) is 0 Å². The fraction of sp³-hybridized carbons (Fsp3) is 1.00.